The Morgan fingerprint density at radius 3 is 2.84 bits per heavy atom. The van der Waals surface area contributed by atoms with Crippen molar-refractivity contribution in [1.82, 2.24) is 19.7 Å². The molecule has 134 valence electrons. The van der Waals surface area contributed by atoms with Gasteiger partial charge < -0.3 is 9.47 Å². The Kier molecular flexibility index (Phi) is 5.40. The molecule has 1 amide bonds. The van der Waals surface area contributed by atoms with Gasteiger partial charge in [0.1, 0.15) is 17.5 Å². The molecule has 2 aromatic rings. The number of nitrogens with zero attached hydrogens (tertiary/aromatic N) is 4. The number of fused-ring (bicyclic) bond motifs is 1. The van der Waals surface area contributed by atoms with Gasteiger partial charge in [0.25, 0.3) is 0 Å². The number of amides is 1. The Hall–Kier alpha value is -2.31. The van der Waals surface area contributed by atoms with Gasteiger partial charge in [0.05, 0.1) is 6.54 Å². The molecule has 0 saturated heterocycles. The van der Waals surface area contributed by atoms with E-state index in [0.717, 1.165) is 36.7 Å². The van der Waals surface area contributed by atoms with Crippen molar-refractivity contribution in [2.75, 3.05) is 6.54 Å². The maximum Gasteiger partial charge on any atom is 0.223 e. The predicted octanol–water partition coefficient (Wildman–Crippen LogP) is 2.87. The van der Waals surface area contributed by atoms with E-state index in [1.807, 2.05) is 6.92 Å². The lowest BCUT2D eigenvalue weighted by molar-refractivity contribution is -0.132. The van der Waals surface area contributed by atoms with Crippen molar-refractivity contribution < 1.29 is 13.6 Å². The van der Waals surface area contributed by atoms with Gasteiger partial charge in [-0.05, 0) is 43.0 Å². The summed E-state index contributed by atoms with van der Waals surface area (Å²) in [6.45, 7) is 3.92. The van der Waals surface area contributed by atoms with Crippen LogP contribution in [-0.2, 0) is 30.7 Å². The molecule has 7 heteroatoms. The molecule has 0 fully saturated rings. The molecule has 25 heavy (non-hydrogen) atoms. The Balaban J connectivity index is 1.46. The van der Waals surface area contributed by atoms with Crippen LogP contribution in [0.1, 0.15) is 43.4 Å². The van der Waals surface area contributed by atoms with Crippen molar-refractivity contribution in [3.63, 3.8) is 0 Å². The maximum absolute atomic E-state index is 13.6. The largest absolute Gasteiger partial charge is 0.333 e. The highest BCUT2D eigenvalue weighted by Crippen LogP contribution is 2.16. The molecule has 0 N–H and O–H groups in total. The third kappa shape index (κ3) is 4.03. The molecule has 5 nitrogen and oxygen atoms in total. The van der Waals surface area contributed by atoms with Crippen molar-refractivity contribution in [3.8, 4) is 0 Å². The van der Waals surface area contributed by atoms with Crippen molar-refractivity contribution in [2.45, 2.75) is 52.1 Å². The van der Waals surface area contributed by atoms with Crippen LogP contribution in [0.4, 0.5) is 8.78 Å². The smallest absolute Gasteiger partial charge is 0.223 e. The lowest BCUT2D eigenvalue weighted by Gasteiger charge is -2.28. The summed E-state index contributed by atoms with van der Waals surface area (Å²) in [6.07, 6.45) is 2.97. The number of hydrogen-bond acceptors (Lipinski definition) is 3. The van der Waals surface area contributed by atoms with Crippen LogP contribution in [0, 0.1) is 11.6 Å². The highest BCUT2D eigenvalue weighted by atomic mass is 19.1. The average molecular weight is 348 g/mol. The van der Waals surface area contributed by atoms with E-state index < -0.39 is 11.6 Å². The van der Waals surface area contributed by atoms with Gasteiger partial charge in [0, 0.05) is 25.9 Å². The first-order chi connectivity index (χ1) is 12.1. The Labute approximate surface area is 145 Å². The molecule has 0 radical (unpaired) electrons. The summed E-state index contributed by atoms with van der Waals surface area (Å²) in [4.78, 5) is 14.1. The number of carbonyl (C=O) groups is 1. The van der Waals surface area contributed by atoms with E-state index in [1.54, 1.807) is 4.90 Å². The second-order valence-electron chi connectivity index (χ2n) is 6.30. The van der Waals surface area contributed by atoms with Crippen LogP contribution in [0.25, 0.3) is 0 Å². The zero-order valence-corrected chi connectivity index (χ0v) is 14.3. The monoisotopic (exact) mass is 348 g/mol. The number of rotatable bonds is 6. The van der Waals surface area contributed by atoms with Gasteiger partial charge in [-0.15, -0.1) is 10.2 Å². The highest BCUT2D eigenvalue weighted by molar-refractivity contribution is 5.76. The molecule has 0 aliphatic carbocycles. The zero-order chi connectivity index (χ0) is 17.8. The van der Waals surface area contributed by atoms with Crippen LogP contribution in [0.5, 0.6) is 0 Å². The summed E-state index contributed by atoms with van der Waals surface area (Å²) < 4.78 is 28.8. The van der Waals surface area contributed by atoms with Gasteiger partial charge >= 0.3 is 0 Å². The molecule has 0 atom stereocenters. The first kappa shape index (κ1) is 17.5. The van der Waals surface area contributed by atoms with E-state index in [2.05, 4.69) is 14.8 Å². The molecule has 0 unspecified atom stereocenters. The first-order valence-electron chi connectivity index (χ1n) is 8.71. The molecule has 3 rings (SSSR count). The number of aromatic nitrogens is 3. The van der Waals surface area contributed by atoms with Gasteiger partial charge in [0.2, 0.25) is 5.91 Å². The van der Waals surface area contributed by atoms with Crippen molar-refractivity contribution in [3.05, 3.63) is 47.0 Å². The minimum Gasteiger partial charge on any atom is -0.333 e. The predicted molar refractivity (Wildman–Crippen MR) is 88.7 cm³/mol. The number of benzene rings is 1. The third-order valence-corrected chi connectivity index (χ3v) is 4.59. The second-order valence-corrected chi connectivity index (χ2v) is 6.30. The molecule has 0 spiro atoms. The fourth-order valence-electron chi connectivity index (χ4n) is 3.18. The third-order valence-electron chi connectivity index (χ3n) is 4.59. The summed E-state index contributed by atoms with van der Waals surface area (Å²) in [5, 5.41) is 8.30. The van der Waals surface area contributed by atoms with Crippen LogP contribution >= 0.6 is 0 Å². The van der Waals surface area contributed by atoms with Crippen LogP contribution in [0.2, 0.25) is 0 Å². The highest BCUT2D eigenvalue weighted by Gasteiger charge is 2.23. The van der Waals surface area contributed by atoms with Crippen LogP contribution in [-0.4, -0.2) is 32.1 Å². The quantitative estimate of drug-likeness (QED) is 0.754. The molecule has 0 saturated carbocycles. The topological polar surface area (TPSA) is 51.0 Å². The van der Waals surface area contributed by atoms with E-state index in [0.29, 0.717) is 44.3 Å². The molecular weight excluding hydrogens is 326 g/mol. The lowest BCUT2D eigenvalue weighted by Crippen LogP contribution is -2.38. The normalized spacial score (nSPS) is 13.8. The molecule has 1 aliphatic rings. The summed E-state index contributed by atoms with van der Waals surface area (Å²) >= 11 is 0. The Morgan fingerprint density at radius 1 is 1.20 bits per heavy atom. The maximum atomic E-state index is 13.6. The molecule has 2 heterocycles. The Bertz CT molecular complexity index is 760. The minimum atomic E-state index is -0.434. The van der Waals surface area contributed by atoms with E-state index in [9.17, 15) is 13.6 Å². The molecule has 1 aromatic heterocycles. The van der Waals surface area contributed by atoms with E-state index in [1.165, 1.54) is 6.07 Å². The fourth-order valence-corrected chi connectivity index (χ4v) is 3.18. The first-order valence-corrected chi connectivity index (χ1v) is 8.71. The number of unbranched alkanes of at least 4 members (excludes halogenated alkanes) is 1. The molecule has 1 aromatic carbocycles. The van der Waals surface area contributed by atoms with Crippen molar-refractivity contribution in [1.29, 1.82) is 0 Å². The summed E-state index contributed by atoms with van der Waals surface area (Å²) in [5.41, 5.74) is 0.366. The fraction of sp³-hybridized carbons (Fsp3) is 0.500. The number of carbonyl (C=O) groups excluding carboxylic acids is 1. The summed E-state index contributed by atoms with van der Waals surface area (Å²) in [5.74, 6) is 1.04. The van der Waals surface area contributed by atoms with Crippen LogP contribution in [0.3, 0.4) is 0 Å². The molecule has 0 bridgehead atoms. The van der Waals surface area contributed by atoms with Gasteiger partial charge in [-0.3, -0.25) is 4.79 Å². The minimum absolute atomic E-state index is 0.0759. The number of aryl methyl sites for hydroxylation is 2. The number of hydrogen-bond donors (Lipinski definition) is 0. The van der Waals surface area contributed by atoms with Gasteiger partial charge in [-0.25, -0.2) is 8.78 Å². The van der Waals surface area contributed by atoms with Crippen molar-refractivity contribution >= 4 is 5.91 Å². The van der Waals surface area contributed by atoms with Gasteiger partial charge in [-0.1, -0.05) is 6.92 Å². The lowest BCUT2D eigenvalue weighted by atomic mass is 10.1. The molecular formula is C18H22F2N4O. The standard InChI is InChI=1S/C18H22F2N4O/c1-2-16-21-22-17-12-23(9-10-24(16)17)18(25)6-4-3-5-13-11-14(19)7-8-15(13)20/h7-8,11H,2-6,9-10,12H2,1H3. The number of halogens is 2. The SMILES string of the molecule is CCc1nnc2n1CCN(C(=O)CCCCc1cc(F)ccc1F)C2. The van der Waals surface area contributed by atoms with E-state index >= 15 is 0 Å². The summed E-state index contributed by atoms with van der Waals surface area (Å²) in [6, 6.07) is 3.48. The molecule has 1 aliphatic heterocycles. The summed E-state index contributed by atoms with van der Waals surface area (Å²) in [7, 11) is 0. The Morgan fingerprint density at radius 2 is 2.04 bits per heavy atom. The van der Waals surface area contributed by atoms with Gasteiger partial charge in [-0.2, -0.15) is 0 Å². The van der Waals surface area contributed by atoms with E-state index in [4.69, 9.17) is 0 Å². The zero-order valence-electron chi connectivity index (χ0n) is 14.3. The average Bonchev–Trinajstić information content (AvgIpc) is 3.03. The van der Waals surface area contributed by atoms with E-state index in [-0.39, 0.29) is 5.91 Å². The van der Waals surface area contributed by atoms with Gasteiger partial charge in [0.15, 0.2) is 5.82 Å². The van der Waals surface area contributed by atoms with Crippen LogP contribution < -0.4 is 0 Å². The van der Waals surface area contributed by atoms with Crippen molar-refractivity contribution in [2.24, 2.45) is 0 Å². The van der Waals surface area contributed by atoms with Crippen LogP contribution in [0.15, 0.2) is 18.2 Å². The second kappa shape index (κ2) is 7.72.